The number of hydrogen-bond acceptors (Lipinski definition) is 9. The zero-order valence-corrected chi connectivity index (χ0v) is 24.5. The molecule has 0 saturated carbocycles. The van der Waals surface area contributed by atoms with Crippen LogP contribution in [0, 0.1) is 0 Å². The Bertz CT molecular complexity index is 1340. The summed E-state index contributed by atoms with van der Waals surface area (Å²) in [5, 5.41) is 4.59. The molecule has 0 bridgehead atoms. The number of ether oxygens (including phenoxy) is 2. The van der Waals surface area contributed by atoms with Gasteiger partial charge in [0.2, 0.25) is 10.0 Å². The standard InChI is InChI=1S/C26H34ClN5O5S2/c1-36-18-16-32(17-19-37-2)39(34,35)21-8-6-20(7-9-21)25(33)28-10-11-30-12-14-31(15-13-30)26-29-24-22(27)4-3-5-23(24)38-26/h3-9H,10-19H2,1-2H3,(H,28,33). The number of aromatic nitrogens is 1. The van der Waals surface area contributed by atoms with Crippen molar-refractivity contribution in [1.82, 2.24) is 19.5 Å². The predicted octanol–water partition coefficient (Wildman–Crippen LogP) is 2.79. The Balaban J connectivity index is 1.24. The molecule has 4 rings (SSSR count). The molecule has 0 spiro atoms. The van der Waals surface area contributed by atoms with E-state index in [1.54, 1.807) is 11.3 Å². The molecule has 1 aliphatic rings. The van der Waals surface area contributed by atoms with Gasteiger partial charge in [0, 0.05) is 72.1 Å². The van der Waals surface area contributed by atoms with Crippen LogP contribution < -0.4 is 10.2 Å². The first-order chi connectivity index (χ1) is 18.8. The Morgan fingerprint density at radius 1 is 1.05 bits per heavy atom. The summed E-state index contributed by atoms with van der Waals surface area (Å²) in [6.45, 7) is 5.65. The first-order valence-electron chi connectivity index (χ1n) is 12.7. The quantitative estimate of drug-likeness (QED) is 0.322. The number of nitrogens with zero attached hydrogens (tertiary/aromatic N) is 4. The number of nitrogens with one attached hydrogen (secondary N) is 1. The second-order valence-electron chi connectivity index (χ2n) is 9.08. The second-order valence-corrected chi connectivity index (χ2v) is 12.4. The van der Waals surface area contributed by atoms with Gasteiger partial charge < -0.3 is 19.7 Å². The number of benzene rings is 2. The van der Waals surface area contributed by atoms with E-state index in [2.05, 4.69) is 15.1 Å². The smallest absolute Gasteiger partial charge is 0.251 e. The van der Waals surface area contributed by atoms with Crippen molar-refractivity contribution in [3.05, 3.63) is 53.1 Å². The van der Waals surface area contributed by atoms with Gasteiger partial charge in [-0.1, -0.05) is 29.0 Å². The minimum atomic E-state index is -3.73. The lowest BCUT2D eigenvalue weighted by Gasteiger charge is -2.34. The van der Waals surface area contributed by atoms with E-state index < -0.39 is 10.0 Å². The minimum absolute atomic E-state index is 0.125. The van der Waals surface area contributed by atoms with Crippen molar-refractivity contribution in [2.75, 3.05) is 84.7 Å². The molecular formula is C26H34ClN5O5S2. The molecule has 0 atom stereocenters. The van der Waals surface area contributed by atoms with E-state index in [9.17, 15) is 13.2 Å². The summed E-state index contributed by atoms with van der Waals surface area (Å²) in [5.74, 6) is -0.237. The van der Waals surface area contributed by atoms with Gasteiger partial charge in [0.25, 0.3) is 5.91 Å². The van der Waals surface area contributed by atoms with Crippen LogP contribution in [-0.4, -0.2) is 108 Å². The van der Waals surface area contributed by atoms with Gasteiger partial charge >= 0.3 is 0 Å². The van der Waals surface area contributed by atoms with E-state index in [1.165, 1.54) is 42.8 Å². The predicted molar refractivity (Wildman–Crippen MR) is 155 cm³/mol. The maximum Gasteiger partial charge on any atom is 0.251 e. The highest BCUT2D eigenvalue weighted by Gasteiger charge is 2.24. The van der Waals surface area contributed by atoms with Crippen LogP contribution >= 0.6 is 22.9 Å². The van der Waals surface area contributed by atoms with E-state index in [1.807, 2.05) is 18.2 Å². The van der Waals surface area contributed by atoms with Gasteiger partial charge in [-0.3, -0.25) is 9.69 Å². The summed E-state index contributed by atoms with van der Waals surface area (Å²) in [7, 11) is -0.687. The summed E-state index contributed by atoms with van der Waals surface area (Å²) in [6, 6.07) is 11.8. The summed E-state index contributed by atoms with van der Waals surface area (Å²) in [6.07, 6.45) is 0. The van der Waals surface area contributed by atoms with Gasteiger partial charge in [-0.15, -0.1) is 0 Å². The van der Waals surface area contributed by atoms with Crippen LogP contribution in [0.5, 0.6) is 0 Å². The molecular weight excluding hydrogens is 562 g/mol. The normalized spacial score (nSPS) is 14.8. The first-order valence-corrected chi connectivity index (χ1v) is 15.4. The van der Waals surface area contributed by atoms with Crippen molar-refractivity contribution in [2.45, 2.75) is 4.90 Å². The summed E-state index contributed by atoms with van der Waals surface area (Å²) in [5.41, 5.74) is 1.26. The van der Waals surface area contributed by atoms with E-state index in [0.29, 0.717) is 17.1 Å². The number of halogens is 1. The number of carbonyl (C=O) groups is 1. The fraction of sp³-hybridized carbons (Fsp3) is 0.462. The molecule has 212 valence electrons. The van der Waals surface area contributed by atoms with E-state index in [-0.39, 0.29) is 37.1 Å². The summed E-state index contributed by atoms with van der Waals surface area (Å²) >= 11 is 7.93. The van der Waals surface area contributed by atoms with E-state index >= 15 is 0 Å². The lowest BCUT2D eigenvalue weighted by Crippen LogP contribution is -2.48. The third-order valence-corrected chi connectivity index (χ3v) is 9.86. The zero-order valence-electron chi connectivity index (χ0n) is 22.1. The molecule has 0 radical (unpaired) electrons. The van der Waals surface area contributed by atoms with Gasteiger partial charge in [0.1, 0.15) is 5.52 Å². The molecule has 10 nitrogen and oxygen atoms in total. The number of methoxy groups -OCH3 is 2. The maximum atomic E-state index is 13.0. The largest absolute Gasteiger partial charge is 0.383 e. The van der Waals surface area contributed by atoms with Crippen molar-refractivity contribution >= 4 is 54.2 Å². The van der Waals surface area contributed by atoms with Crippen molar-refractivity contribution in [1.29, 1.82) is 0 Å². The number of fused-ring (bicyclic) bond motifs is 1. The summed E-state index contributed by atoms with van der Waals surface area (Å²) in [4.78, 5) is 22.1. The molecule has 1 amide bonds. The van der Waals surface area contributed by atoms with Crippen LogP contribution in [-0.2, 0) is 19.5 Å². The van der Waals surface area contributed by atoms with Crippen molar-refractivity contribution < 1.29 is 22.7 Å². The van der Waals surface area contributed by atoms with Crippen molar-refractivity contribution in [3.63, 3.8) is 0 Å². The molecule has 3 aromatic rings. The fourth-order valence-electron chi connectivity index (χ4n) is 4.30. The number of carbonyl (C=O) groups excluding carboxylic acids is 1. The lowest BCUT2D eigenvalue weighted by molar-refractivity contribution is 0.0947. The molecule has 1 aliphatic heterocycles. The van der Waals surface area contributed by atoms with Crippen LogP contribution in [0.3, 0.4) is 0 Å². The highest BCUT2D eigenvalue weighted by molar-refractivity contribution is 7.89. The molecule has 2 aromatic carbocycles. The molecule has 1 fully saturated rings. The number of para-hydroxylation sites is 1. The Hall–Kier alpha value is -2.32. The van der Waals surface area contributed by atoms with Crippen LogP contribution in [0.2, 0.25) is 5.02 Å². The highest BCUT2D eigenvalue weighted by atomic mass is 35.5. The number of anilines is 1. The van der Waals surface area contributed by atoms with Gasteiger partial charge in [0.15, 0.2) is 5.13 Å². The molecule has 1 aromatic heterocycles. The van der Waals surface area contributed by atoms with Crippen LogP contribution in [0.1, 0.15) is 10.4 Å². The number of piperazine rings is 1. The lowest BCUT2D eigenvalue weighted by atomic mass is 10.2. The number of rotatable bonds is 13. The molecule has 2 heterocycles. The van der Waals surface area contributed by atoms with Crippen molar-refractivity contribution in [2.24, 2.45) is 0 Å². The third kappa shape index (κ3) is 7.46. The number of sulfonamides is 1. The highest BCUT2D eigenvalue weighted by Crippen LogP contribution is 2.33. The average Bonchev–Trinajstić information content (AvgIpc) is 3.39. The van der Waals surface area contributed by atoms with Gasteiger partial charge in [0.05, 0.1) is 27.8 Å². The Kier molecular flexibility index (Phi) is 10.5. The van der Waals surface area contributed by atoms with Crippen LogP contribution in [0.4, 0.5) is 5.13 Å². The molecule has 1 saturated heterocycles. The van der Waals surface area contributed by atoms with E-state index in [0.717, 1.165) is 48.1 Å². The topological polar surface area (TPSA) is 104 Å². The van der Waals surface area contributed by atoms with Gasteiger partial charge in [-0.25, -0.2) is 13.4 Å². The molecule has 13 heteroatoms. The monoisotopic (exact) mass is 595 g/mol. The number of amides is 1. The maximum absolute atomic E-state index is 13.0. The zero-order chi connectivity index (χ0) is 27.8. The first kappa shape index (κ1) is 29.7. The second kappa shape index (κ2) is 13.8. The minimum Gasteiger partial charge on any atom is -0.383 e. The molecule has 39 heavy (non-hydrogen) atoms. The Morgan fingerprint density at radius 2 is 1.72 bits per heavy atom. The third-order valence-electron chi connectivity index (χ3n) is 6.56. The Morgan fingerprint density at radius 3 is 2.33 bits per heavy atom. The van der Waals surface area contributed by atoms with Crippen LogP contribution in [0.15, 0.2) is 47.4 Å². The van der Waals surface area contributed by atoms with Crippen molar-refractivity contribution in [3.8, 4) is 0 Å². The fourth-order valence-corrected chi connectivity index (χ4v) is 7.02. The Labute approximate surface area is 238 Å². The summed E-state index contributed by atoms with van der Waals surface area (Å²) < 4.78 is 38.6. The molecule has 0 aliphatic carbocycles. The van der Waals surface area contributed by atoms with E-state index in [4.69, 9.17) is 26.1 Å². The number of hydrogen-bond donors (Lipinski definition) is 1. The molecule has 1 N–H and O–H groups in total. The average molecular weight is 596 g/mol. The number of thiazole rings is 1. The van der Waals surface area contributed by atoms with Gasteiger partial charge in [-0.05, 0) is 36.4 Å². The molecule has 0 unspecified atom stereocenters. The van der Waals surface area contributed by atoms with Crippen LogP contribution in [0.25, 0.3) is 10.2 Å². The SMILES string of the molecule is COCCN(CCOC)S(=O)(=O)c1ccc(C(=O)NCCN2CCN(c3nc4c(Cl)cccc4s3)CC2)cc1. The van der Waals surface area contributed by atoms with Gasteiger partial charge in [-0.2, -0.15) is 4.31 Å².